The van der Waals surface area contributed by atoms with E-state index in [9.17, 15) is 4.79 Å². The van der Waals surface area contributed by atoms with Crippen molar-refractivity contribution in [2.75, 3.05) is 19.1 Å². The lowest BCUT2D eigenvalue weighted by Crippen LogP contribution is -2.17. The Morgan fingerprint density at radius 3 is 2.60 bits per heavy atom. The molecular formula is C20H21N3O2. The van der Waals surface area contributed by atoms with Crippen LogP contribution in [0.1, 0.15) is 22.8 Å². The quantitative estimate of drug-likeness (QED) is 0.694. The zero-order valence-corrected chi connectivity index (χ0v) is 14.6. The number of nitrogens with one attached hydrogen (secondary N) is 1. The molecule has 0 radical (unpaired) electrons. The molecule has 0 bridgehead atoms. The summed E-state index contributed by atoms with van der Waals surface area (Å²) in [4.78, 5) is 13.7. The number of hydrogen-bond acceptors (Lipinski definition) is 4. The van der Waals surface area contributed by atoms with Crippen molar-refractivity contribution < 1.29 is 9.53 Å². The van der Waals surface area contributed by atoms with Crippen LogP contribution in [-0.4, -0.2) is 30.1 Å². The summed E-state index contributed by atoms with van der Waals surface area (Å²) in [6, 6.07) is 17.6. The highest BCUT2D eigenvalue weighted by Crippen LogP contribution is 2.25. The maximum Gasteiger partial charge on any atom is 0.159 e. The fraction of sp³-hybridized carbons (Fsp3) is 0.200. The molecule has 5 heteroatoms. The molecule has 0 aliphatic heterocycles. The molecule has 1 heterocycles. The zero-order chi connectivity index (χ0) is 17.8. The lowest BCUT2D eigenvalue weighted by atomic mass is 10.1. The Labute approximate surface area is 147 Å². The first-order valence-electron chi connectivity index (χ1n) is 8.08. The van der Waals surface area contributed by atoms with Gasteiger partial charge in [0.1, 0.15) is 5.75 Å². The molecule has 0 unspecified atom stereocenters. The molecule has 0 amide bonds. The number of hydrogen-bond donors (Lipinski definition) is 1. The van der Waals surface area contributed by atoms with Crippen molar-refractivity contribution in [2.45, 2.75) is 13.5 Å². The minimum atomic E-state index is 0.0395. The average Bonchev–Trinajstić information content (AvgIpc) is 3.12. The Hall–Kier alpha value is -3.08. The number of ketones is 1. The van der Waals surface area contributed by atoms with Gasteiger partial charge in [-0.2, -0.15) is 5.10 Å². The Balaban J connectivity index is 1.83. The summed E-state index contributed by atoms with van der Waals surface area (Å²) in [5, 5.41) is 7.46. The largest absolute Gasteiger partial charge is 0.496 e. The van der Waals surface area contributed by atoms with Crippen LogP contribution < -0.4 is 9.64 Å². The standard InChI is InChI=1S/C20H21N3O2/c1-14(24)16-9-10-19(25-3)17(11-16)13-23(2)20-12-18(21-22-20)15-7-5-4-6-8-15/h4-12H,13H2,1-3H3,(H,21,22). The number of aromatic nitrogens is 2. The van der Waals surface area contributed by atoms with E-state index in [0.29, 0.717) is 12.1 Å². The number of H-pyrrole nitrogens is 1. The molecule has 0 aliphatic rings. The van der Waals surface area contributed by atoms with Gasteiger partial charge in [-0.1, -0.05) is 30.3 Å². The van der Waals surface area contributed by atoms with Crippen molar-refractivity contribution in [3.63, 3.8) is 0 Å². The van der Waals surface area contributed by atoms with Crippen molar-refractivity contribution in [3.8, 4) is 17.0 Å². The number of nitrogens with zero attached hydrogens (tertiary/aromatic N) is 2. The molecule has 0 aliphatic carbocycles. The molecule has 25 heavy (non-hydrogen) atoms. The van der Waals surface area contributed by atoms with Gasteiger partial charge in [-0.15, -0.1) is 0 Å². The minimum Gasteiger partial charge on any atom is -0.496 e. The normalized spacial score (nSPS) is 10.5. The van der Waals surface area contributed by atoms with Crippen LogP contribution in [0.5, 0.6) is 5.75 Å². The maximum absolute atomic E-state index is 11.6. The molecule has 5 nitrogen and oxygen atoms in total. The number of anilines is 1. The Kier molecular flexibility index (Phi) is 4.84. The summed E-state index contributed by atoms with van der Waals surface area (Å²) in [6.07, 6.45) is 0. The van der Waals surface area contributed by atoms with E-state index in [2.05, 4.69) is 10.2 Å². The fourth-order valence-corrected chi connectivity index (χ4v) is 2.73. The number of ether oxygens (including phenoxy) is 1. The highest BCUT2D eigenvalue weighted by molar-refractivity contribution is 5.94. The second-order valence-electron chi connectivity index (χ2n) is 5.94. The summed E-state index contributed by atoms with van der Waals surface area (Å²) in [5.74, 6) is 1.63. The van der Waals surface area contributed by atoms with E-state index in [1.54, 1.807) is 20.1 Å². The summed E-state index contributed by atoms with van der Waals surface area (Å²) < 4.78 is 5.43. The fourth-order valence-electron chi connectivity index (χ4n) is 2.73. The van der Waals surface area contributed by atoms with Crippen LogP contribution in [0.3, 0.4) is 0 Å². The number of carbonyl (C=O) groups excluding carboxylic acids is 1. The van der Waals surface area contributed by atoms with E-state index in [0.717, 1.165) is 28.4 Å². The topological polar surface area (TPSA) is 58.2 Å². The Morgan fingerprint density at radius 2 is 1.92 bits per heavy atom. The van der Waals surface area contributed by atoms with Crippen molar-refractivity contribution >= 4 is 11.6 Å². The van der Waals surface area contributed by atoms with Crippen LogP contribution in [0.2, 0.25) is 0 Å². The number of aromatic amines is 1. The van der Waals surface area contributed by atoms with Gasteiger partial charge in [-0.05, 0) is 30.7 Å². The van der Waals surface area contributed by atoms with Gasteiger partial charge in [0.05, 0.1) is 12.8 Å². The first kappa shape index (κ1) is 16.8. The second kappa shape index (κ2) is 7.21. The molecular weight excluding hydrogens is 314 g/mol. The maximum atomic E-state index is 11.6. The third-order valence-electron chi connectivity index (χ3n) is 4.13. The lowest BCUT2D eigenvalue weighted by Gasteiger charge is -2.18. The van der Waals surface area contributed by atoms with Crippen LogP contribution in [-0.2, 0) is 6.54 Å². The molecule has 128 valence electrons. The summed E-state index contributed by atoms with van der Waals surface area (Å²) in [6.45, 7) is 2.15. The molecule has 0 fully saturated rings. The molecule has 1 N–H and O–H groups in total. The van der Waals surface area contributed by atoms with Gasteiger partial charge in [0.25, 0.3) is 0 Å². The first-order valence-corrected chi connectivity index (χ1v) is 8.08. The highest BCUT2D eigenvalue weighted by atomic mass is 16.5. The van der Waals surface area contributed by atoms with E-state index in [1.165, 1.54) is 0 Å². The van der Waals surface area contributed by atoms with Gasteiger partial charge in [0.2, 0.25) is 0 Å². The van der Waals surface area contributed by atoms with Gasteiger partial charge in [-0.25, -0.2) is 0 Å². The zero-order valence-electron chi connectivity index (χ0n) is 14.6. The predicted molar refractivity (Wildman–Crippen MR) is 99.1 cm³/mol. The molecule has 0 spiro atoms. The van der Waals surface area contributed by atoms with Gasteiger partial charge < -0.3 is 9.64 Å². The van der Waals surface area contributed by atoms with E-state index in [-0.39, 0.29) is 5.78 Å². The molecule has 0 saturated carbocycles. The SMILES string of the molecule is COc1ccc(C(C)=O)cc1CN(C)c1cc(-c2ccccc2)[nH]n1. The van der Waals surface area contributed by atoms with Crippen LogP contribution in [0.4, 0.5) is 5.82 Å². The molecule has 0 atom stereocenters. The van der Waals surface area contributed by atoms with Crippen molar-refractivity contribution in [1.82, 2.24) is 10.2 Å². The predicted octanol–water partition coefficient (Wildman–Crippen LogP) is 3.92. The van der Waals surface area contributed by atoms with Crippen molar-refractivity contribution in [2.24, 2.45) is 0 Å². The molecule has 3 aromatic rings. The lowest BCUT2D eigenvalue weighted by molar-refractivity contribution is 0.101. The number of Topliss-reactive ketones (excluding diaryl/α,β-unsaturated/α-hetero) is 1. The Bertz CT molecular complexity index is 872. The number of methoxy groups -OCH3 is 1. The summed E-state index contributed by atoms with van der Waals surface area (Å²) in [5.41, 5.74) is 3.68. The molecule has 2 aromatic carbocycles. The smallest absolute Gasteiger partial charge is 0.159 e. The van der Waals surface area contributed by atoms with Gasteiger partial charge in [0, 0.05) is 30.8 Å². The van der Waals surface area contributed by atoms with Gasteiger partial charge >= 0.3 is 0 Å². The van der Waals surface area contributed by atoms with Crippen LogP contribution >= 0.6 is 0 Å². The van der Waals surface area contributed by atoms with Gasteiger partial charge in [0.15, 0.2) is 11.6 Å². The van der Waals surface area contributed by atoms with Crippen molar-refractivity contribution in [1.29, 1.82) is 0 Å². The van der Waals surface area contributed by atoms with E-state index in [1.807, 2.05) is 60.5 Å². The second-order valence-corrected chi connectivity index (χ2v) is 5.94. The summed E-state index contributed by atoms with van der Waals surface area (Å²) in [7, 11) is 3.60. The monoisotopic (exact) mass is 335 g/mol. The molecule has 3 rings (SSSR count). The Morgan fingerprint density at radius 1 is 1.16 bits per heavy atom. The third-order valence-corrected chi connectivity index (χ3v) is 4.13. The van der Waals surface area contributed by atoms with Gasteiger partial charge in [-0.3, -0.25) is 9.89 Å². The molecule has 0 saturated heterocycles. The minimum absolute atomic E-state index is 0.0395. The van der Waals surface area contributed by atoms with Crippen molar-refractivity contribution in [3.05, 3.63) is 65.7 Å². The van der Waals surface area contributed by atoms with E-state index >= 15 is 0 Å². The average molecular weight is 335 g/mol. The number of benzene rings is 2. The van der Waals surface area contributed by atoms with E-state index in [4.69, 9.17) is 4.74 Å². The van der Waals surface area contributed by atoms with Crippen LogP contribution in [0, 0.1) is 0 Å². The molecule has 1 aromatic heterocycles. The van der Waals surface area contributed by atoms with Crippen LogP contribution in [0.15, 0.2) is 54.6 Å². The first-order chi connectivity index (χ1) is 12.1. The van der Waals surface area contributed by atoms with Crippen LogP contribution in [0.25, 0.3) is 11.3 Å². The van der Waals surface area contributed by atoms with E-state index < -0.39 is 0 Å². The highest BCUT2D eigenvalue weighted by Gasteiger charge is 2.13. The number of carbonyl (C=O) groups is 1. The summed E-state index contributed by atoms with van der Waals surface area (Å²) >= 11 is 0. The third kappa shape index (κ3) is 3.71. The number of rotatable bonds is 6.